The van der Waals surface area contributed by atoms with Crippen LogP contribution in [0.15, 0.2) is 22.7 Å². The van der Waals surface area contributed by atoms with Gasteiger partial charge in [0, 0.05) is 13.6 Å². The van der Waals surface area contributed by atoms with Crippen molar-refractivity contribution in [3.05, 3.63) is 18.2 Å². The highest BCUT2D eigenvalue weighted by Crippen LogP contribution is 2.36. The van der Waals surface area contributed by atoms with Gasteiger partial charge in [-0.1, -0.05) is 6.07 Å². The van der Waals surface area contributed by atoms with Crippen LogP contribution in [0.5, 0.6) is 11.5 Å². The maximum absolute atomic E-state index is 9.65. The Bertz CT molecular complexity index is 504. The molecule has 0 radical (unpaired) electrons. The highest BCUT2D eigenvalue weighted by atomic mass is 16.5. The van der Waals surface area contributed by atoms with Gasteiger partial charge in [-0.25, -0.2) is 0 Å². The van der Waals surface area contributed by atoms with Gasteiger partial charge in [-0.15, -0.1) is 0 Å². The topological polar surface area (TPSA) is 82.6 Å². The molecule has 0 spiro atoms. The standard InChI is InChI=1S/C11H13N3O3/c1-3-14(2)11-12-10(17-13-11)9-7(15)5-4-6-8(9)16/h4-6,15-16H,3H2,1-2H3. The Morgan fingerprint density at radius 3 is 2.53 bits per heavy atom. The highest BCUT2D eigenvalue weighted by molar-refractivity contribution is 5.70. The summed E-state index contributed by atoms with van der Waals surface area (Å²) in [6, 6.07) is 4.43. The molecule has 90 valence electrons. The molecule has 0 saturated heterocycles. The second-order valence-corrected chi connectivity index (χ2v) is 3.58. The molecule has 0 fully saturated rings. The summed E-state index contributed by atoms with van der Waals surface area (Å²) in [4.78, 5) is 5.88. The smallest absolute Gasteiger partial charge is 0.267 e. The van der Waals surface area contributed by atoms with Crippen molar-refractivity contribution in [3.8, 4) is 23.0 Å². The number of rotatable bonds is 3. The number of hydrogen-bond acceptors (Lipinski definition) is 6. The number of aromatic nitrogens is 2. The summed E-state index contributed by atoms with van der Waals surface area (Å²) in [5.74, 6) is 0.305. The molecule has 0 atom stereocenters. The summed E-state index contributed by atoms with van der Waals surface area (Å²) < 4.78 is 5.01. The molecule has 1 aromatic heterocycles. The van der Waals surface area contributed by atoms with Gasteiger partial charge in [-0.2, -0.15) is 4.98 Å². The molecule has 6 nitrogen and oxygen atoms in total. The molecule has 1 heterocycles. The molecule has 1 aromatic carbocycles. The summed E-state index contributed by atoms with van der Waals surface area (Å²) in [6.07, 6.45) is 0. The molecule has 2 rings (SSSR count). The van der Waals surface area contributed by atoms with Crippen LogP contribution in [-0.4, -0.2) is 33.9 Å². The van der Waals surface area contributed by atoms with Crippen LogP contribution in [0, 0.1) is 0 Å². The van der Waals surface area contributed by atoms with E-state index in [-0.39, 0.29) is 23.0 Å². The third-order valence-corrected chi connectivity index (χ3v) is 2.47. The monoisotopic (exact) mass is 235 g/mol. The number of benzene rings is 1. The Balaban J connectivity index is 2.44. The fraction of sp³-hybridized carbons (Fsp3) is 0.273. The zero-order valence-corrected chi connectivity index (χ0v) is 9.58. The van der Waals surface area contributed by atoms with Crippen LogP contribution >= 0.6 is 0 Å². The van der Waals surface area contributed by atoms with Gasteiger partial charge in [-0.3, -0.25) is 0 Å². The Morgan fingerprint density at radius 1 is 1.29 bits per heavy atom. The van der Waals surface area contributed by atoms with E-state index < -0.39 is 0 Å². The van der Waals surface area contributed by atoms with Crippen LogP contribution in [0.25, 0.3) is 11.5 Å². The van der Waals surface area contributed by atoms with Crippen LogP contribution in [0.1, 0.15) is 6.92 Å². The van der Waals surface area contributed by atoms with Crippen molar-refractivity contribution >= 4 is 5.95 Å². The first-order valence-corrected chi connectivity index (χ1v) is 5.19. The maximum atomic E-state index is 9.65. The second-order valence-electron chi connectivity index (χ2n) is 3.58. The van der Waals surface area contributed by atoms with E-state index in [4.69, 9.17) is 4.52 Å². The van der Waals surface area contributed by atoms with Gasteiger partial charge < -0.3 is 19.6 Å². The minimum atomic E-state index is -0.0978. The van der Waals surface area contributed by atoms with Crippen molar-refractivity contribution in [2.75, 3.05) is 18.5 Å². The first-order chi connectivity index (χ1) is 8.13. The lowest BCUT2D eigenvalue weighted by molar-refractivity contribution is 0.414. The van der Waals surface area contributed by atoms with Gasteiger partial charge in [0.25, 0.3) is 11.8 Å². The Labute approximate surface area is 98.1 Å². The second kappa shape index (κ2) is 4.32. The maximum Gasteiger partial charge on any atom is 0.267 e. The highest BCUT2D eigenvalue weighted by Gasteiger charge is 2.17. The number of anilines is 1. The molecule has 0 bridgehead atoms. The van der Waals surface area contributed by atoms with Gasteiger partial charge in [0.1, 0.15) is 17.1 Å². The lowest BCUT2D eigenvalue weighted by atomic mass is 10.2. The van der Waals surface area contributed by atoms with Crippen molar-refractivity contribution in [1.82, 2.24) is 10.1 Å². The minimum absolute atomic E-state index is 0.0934. The zero-order chi connectivity index (χ0) is 12.4. The number of hydrogen-bond donors (Lipinski definition) is 2. The molecular weight excluding hydrogens is 222 g/mol. The first-order valence-electron chi connectivity index (χ1n) is 5.19. The third-order valence-electron chi connectivity index (χ3n) is 2.47. The molecule has 6 heteroatoms. The molecule has 0 aliphatic carbocycles. The van der Waals surface area contributed by atoms with Crippen molar-refractivity contribution in [1.29, 1.82) is 0 Å². The predicted molar refractivity (Wildman–Crippen MR) is 62.0 cm³/mol. The van der Waals surface area contributed by atoms with E-state index in [2.05, 4.69) is 10.1 Å². The summed E-state index contributed by atoms with van der Waals surface area (Å²) in [6.45, 7) is 2.68. The summed E-state index contributed by atoms with van der Waals surface area (Å²) in [5, 5.41) is 23.1. The largest absolute Gasteiger partial charge is 0.507 e. The zero-order valence-electron chi connectivity index (χ0n) is 9.58. The SMILES string of the molecule is CCN(C)c1noc(-c2c(O)cccc2O)n1. The lowest BCUT2D eigenvalue weighted by Gasteiger charge is -2.08. The van der Waals surface area contributed by atoms with Crippen LogP contribution in [0.3, 0.4) is 0 Å². The van der Waals surface area contributed by atoms with Gasteiger partial charge >= 0.3 is 0 Å². The van der Waals surface area contributed by atoms with E-state index in [0.29, 0.717) is 5.95 Å². The number of nitrogens with zero attached hydrogens (tertiary/aromatic N) is 3. The molecular formula is C11H13N3O3. The lowest BCUT2D eigenvalue weighted by Crippen LogP contribution is -2.16. The molecule has 0 amide bonds. The van der Waals surface area contributed by atoms with Crippen molar-refractivity contribution < 1.29 is 14.7 Å². The summed E-state index contributed by atoms with van der Waals surface area (Å²) in [7, 11) is 1.82. The average Bonchev–Trinajstić information content (AvgIpc) is 2.77. The van der Waals surface area contributed by atoms with E-state index in [0.717, 1.165) is 6.54 Å². The summed E-state index contributed by atoms with van der Waals surface area (Å²) in [5.41, 5.74) is 0.149. The fourth-order valence-corrected chi connectivity index (χ4v) is 1.36. The number of aromatic hydroxyl groups is 2. The Morgan fingerprint density at radius 2 is 1.94 bits per heavy atom. The van der Waals surface area contributed by atoms with E-state index in [9.17, 15) is 10.2 Å². The van der Waals surface area contributed by atoms with Gasteiger partial charge in [-0.05, 0) is 24.2 Å². The van der Waals surface area contributed by atoms with Gasteiger partial charge in [0.15, 0.2) is 0 Å². The molecule has 0 aliphatic rings. The number of phenolic OH excluding ortho intramolecular Hbond substituents is 2. The number of phenols is 2. The van der Waals surface area contributed by atoms with Crippen LogP contribution in [0.2, 0.25) is 0 Å². The fourth-order valence-electron chi connectivity index (χ4n) is 1.36. The van der Waals surface area contributed by atoms with E-state index in [1.807, 2.05) is 14.0 Å². The Hall–Kier alpha value is -2.24. The molecule has 2 N–H and O–H groups in total. The van der Waals surface area contributed by atoms with Gasteiger partial charge in [0.05, 0.1) is 0 Å². The normalized spacial score (nSPS) is 10.5. The van der Waals surface area contributed by atoms with Crippen LogP contribution in [0.4, 0.5) is 5.95 Å². The molecule has 0 saturated carbocycles. The summed E-state index contributed by atoms with van der Waals surface area (Å²) >= 11 is 0. The molecule has 0 unspecified atom stereocenters. The molecule has 2 aromatic rings. The van der Waals surface area contributed by atoms with Gasteiger partial charge in [0.2, 0.25) is 0 Å². The average molecular weight is 235 g/mol. The predicted octanol–water partition coefficient (Wildman–Crippen LogP) is 1.60. The molecule has 0 aliphatic heterocycles. The van der Waals surface area contributed by atoms with Crippen LogP contribution in [-0.2, 0) is 0 Å². The van der Waals surface area contributed by atoms with Crippen molar-refractivity contribution in [2.45, 2.75) is 6.92 Å². The quantitative estimate of drug-likeness (QED) is 0.840. The van der Waals surface area contributed by atoms with Crippen LogP contribution < -0.4 is 4.90 Å². The first kappa shape index (κ1) is 11.3. The van der Waals surface area contributed by atoms with E-state index >= 15 is 0 Å². The van der Waals surface area contributed by atoms with Crippen molar-refractivity contribution in [2.24, 2.45) is 0 Å². The van der Waals surface area contributed by atoms with Crippen molar-refractivity contribution in [3.63, 3.8) is 0 Å². The third kappa shape index (κ3) is 2.01. The van der Waals surface area contributed by atoms with E-state index in [1.54, 1.807) is 4.90 Å². The molecule has 17 heavy (non-hydrogen) atoms. The Kier molecular flexibility index (Phi) is 2.86. The van der Waals surface area contributed by atoms with E-state index in [1.165, 1.54) is 18.2 Å². The minimum Gasteiger partial charge on any atom is -0.507 e.